The number of rotatable bonds is 2. The minimum absolute atomic E-state index is 0.0356. The number of hydrogen-bond donors (Lipinski definition) is 0. The summed E-state index contributed by atoms with van der Waals surface area (Å²) in [6.45, 7) is 3.06. The molecule has 0 unspecified atom stereocenters. The van der Waals surface area contributed by atoms with Gasteiger partial charge in [-0.25, -0.2) is 4.98 Å². The molecule has 2 aliphatic rings. The molecule has 0 atom stereocenters. The minimum Gasteiger partial charge on any atom is -0.339 e. The van der Waals surface area contributed by atoms with Gasteiger partial charge in [-0.05, 0) is 36.8 Å². The first-order valence-electron chi connectivity index (χ1n) is 8.54. The van der Waals surface area contributed by atoms with Crippen LogP contribution in [-0.4, -0.2) is 57.8 Å². The van der Waals surface area contributed by atoms with Crippen LogP contribution in [0.2, 0.25) is 0 Å². The number of piperidine rings is 1. The third kappa shape index (κ3) is 3.16. The van der Waals surface area contributed by atoms with Crippen molar-refractivity contribution in [1.82, 2.24) is 19.8 Å². The monoisotopic (exact) mass is 356 g/mol. The van der Waals surface area contributed by atoms with Crippen LogP contribution in [0.15, 0.2) is 35.4 Å². The van der Waals surface area contributed by atoms with E-state index in [2.05, 4.69) is 9.97 Å². The lowest BCUT2D eigenvalue weighted by Crippen LogP contribution is -2.44. The van der Waals surface area contributed by atoms with Crippen LogP contribution in [0.5, 0.6) is 0 Å². The van der Waals surface area contributed by atoms with Crippen LogP contribution in [-0.2, 0) is 0 Å². The molecule has 0 bridgehead atoms. The second kappa shape index (κ2) is 6.55. The molecule has 2 aromatic rings. The largest absolute Gasteiger partial charge is 0.339 e. The third-order valence-electron chi connectivity index (χ3n) is 5.42. The molecular formula is C18H20N4O2S. The molecule has 7 heteroatoms. The average Bonchev–Trinajstić information content (AvgIpc) is 3.33. The molecule has 130 valence electrons. The standard InChI is InChI=1S/C18H20N4O2S/c23-16(14-1-6-19-7-2-14)21-8-3-18(4-9-21)5-10-22(12-18)17(24)15-11-25-13-20-15/h1-2,6-7,11,13H,3-5,8-10,12H2. The Morgan fingerprint density at radius 1 is 1.00 bits per heavy atom. The number of pyridine rings is 1. The Bertz CT molecular complexity index is 755. The van der Waals surface area contributed by atoms with Crippen LogP contribution < -0.4 is 0 Å². The summed E-state index contributed by atoms with van der Waals surface area (Å²) in [5, 5.41) is 1.81. The lowest BCUT2D eigenvalue weighted by molar-refractivity contribution is 0.0564. The van der Waals surface area contributed by atoms with Gasteiger partial charge < -0.3 is 9.80 Å². The zero-order chi connectivity index (χ0) is 17.3. The summed E-state index contributed by atoms with van der Waals surface area (Å²) in [5.74, 6) is 0.110. The van der Waals surface area contributed by atoms with Gasteiger partial charge in [-0.1, -0.05) is 0 Å². The second-order valence-corrected chi connectivity index (χ2v) is 7.60. The van der Waals surface area contributed by atoms with E-state index in [1.54, 1.807) is 30.0 Å². The van der Waals surface area contributed by atoms with Crippen molar-refractivity contribution in [3.8, 4) is 0 Å². The molecule has 25 heavy (non-hydrogen) atoms. The zero-order valence-corrected chi connectivity index (χ0v) is 14.7. The van der Waals surface area contributed by atoms with Crippen LogP contribution in [0, 0.1) is 5.41 Å². The Morgan fingerprint density at radius 3 is 2.32 bits per heavy atom. The maximum atomic E-state index is 12.6. The number of thiazole rings is 1. The van der Waals surface area contributed by atoms with Crippen molar-refractivity contribution in [2.45, 2.75) is 19.3 Å². The Morgan fingerprint density at radius 2 is 1.68 bits per heavy atom. The first kappa shape index (κ1) is 16.2. The number of hydrogen-bond acceptors (Lipinski definition) is 5. The predicted octanol–water partition coefficient (Wildman–Crippen LogP) is 2.31. The summed E-state index contributed by atoms with van der Waals surface area (Å²) < 4.78 is 0. The third-order valence-corrected chi connectivity index (χ3v) is 6.00. The lowest BCUT2D eigenvalue weighted by atomic mass is 9.77. The second-order valence-electron chi connectivity index (χ2n) is 6.88. The number of aromatic nitrogens is 2. The van der Waals surface area contributed by atoms with Crippen LogP contribution in [0.3, 0.4) is 0 Å². The first-order valence-corrected chi connectivity index (χ1v) is 9.48. The summed E-state index contributed by atoms with van der Waals surface area (Å²) in [6.07, 6.45) is 6.21. The van der Waals surface area contributed by atoms with E-state index < -0.39 is 0 Å². The number of carbonyl (C=O) groups is 2. The SMILES string of the molecule is O=C(c1ccncc1)N1CCC2(CC1)CCN(C(=O)c1cscn1)C2. The zero-order valence-electron chi connectivity index (χ0n) is 13.9. The summed E-state index contributed by atoms with van der Waals surface area (Å²) in [6, 6.07) is 3.52. The fraction of sp³-hybridized carbons (Fsp3) is 0.444. The molecule has 2 amide bonds. The van der Waals surface area contributed by atoms with E-state index in [4.69, 9.17) is 0 Å². The molecule has 4 heterocycles. The number of nitrogens with zero attached hydrogens (tertiary/aromatic N) is 4. The highest BCUT2D eigenvalue weighted by Crippen LogP contribution is 2.41. The van der Waals surface area contributed by atoms with Crippen molar-refractivity contribution in [2.24, 2.45) is 5.41 Å². The molecule has 2 aliphatic heterocycles. The van der Waals surface area contributed by atoms with E-state index in [1.807, 2.05) is 15.2 Å². The van der Waals surface area contributed by atoms with Crippen LogP contribution in [0.4, 0.5) is 0 Å². The molecule has 2 fully saturated rings. The Hall–Kier alpha value is -2.28. The van der Waals surface area contributed by atoms with Crippen molar-refractivity contribution >= 4 is 23.2 Å². The molecule has 0 saturated carbocycles. The van der Waals surface area contributed by atoms with E-state index in [-0.39, 0.29) is 17.2 Å². The molecule has 0 radical (unpaired) electrons. The van der Waals surface area contributed by atoms with Gasteiger partial charge in [0, 0.05) is 49.5 Å². The predicted molar refractivity (Wildman–Crippen MR) is 94.4 cm³/mol. The Balaban J connectivity index is 1.37. The fourth-order valence-corrected chi connectivity index (χ4v) is 4.38. The highest BCUT2D eigenvalue weighted by Gasteiger charge is 2.43. The van der Waals surface area contributed by atoms with E-state index in [1.165, 1.54) is 11.3 Å². The number of amides is 2. The van der Waals surface area contributed by atoms with Crippen LogP contribution >= 0.6 is 11.3 Å². The molecule has 0 N–H and O–H groups in total. The van der Waals surface area contributed by atoms with Gasteiger partial charge in [0.05, 0.1) is 5.51 Å². The highest BCUT2D eigenvalue weighted by atomic mass is 32.1. The summed E-state index contributed by atoms with van der Waals surface area (Å²) in [4.78, 5) is 37.0. The first-order chi connectivity index (χ1) is 12.2. The fourth-order valence-electron chi connectivity index (χ4n) is 3.86. The molecular weight excluding hydrogens is 336 g/mol. The summed E-state index contributed by atoms with van der Waals surface area (Å²) >= 11 is 1.45. The normalized spacial score (nSPS) is 19.4. The topological polar surface area (TPSA) is 66.4 Å². The molecule has 4 rings (SSSR count). The van der Waals surface area contributed by atoms with Crippen LogP contribution in [0.25, 0.3) is 0 Å². The Labute approximate surface area is 150 Å². The molecule has 2 saturated heterocycles. The average molecular weight is 356 g/mol. The van der Waals surface area contributed by atoms with Crippen molar-refractivity contribution in [2.75, 3.05) is 26.2 Å². The van der Waals surface area contributed by atoms with Crippen molar-refractivity contribution in [3.05, 3.63) is 46.7 Å². The van der Waals surface area contributed by atoms with Crippen LogP contribution in [0.1, 0.15) is 40.1 Å². The quantitative estimate of drug-likeness (QED) is 0.828. The van der Waals surface area contributed by atoms with Gasteiger partial charge >= 0.3 is 0 Å². The highest BCUT2D eigenvalue weighted by molar-refractivity contribution is 7.07. The molecule has 0 aliphatic carbocycles. The minimum atomic E-state index is 0.0356. The maximum Gasteiger partial charge on any atom is 0.273 e. The van der Waals surface area contributed by atoms with Crippen molar-refractivity contribution < 1.29 is 9.59 Å². The van der Waals surface area contributed by atoms with Gasteiger partial charge in [0.15, 0.2) is 0 Å². The number of carbonyl (C=O) groups excluding carboxylic acids is 2. The van der Waals surface area contributed by atoms with Gasteiger partial charge in [-0.2, -0.15) is 0 Å². The van der Waals surface area contributed by atoms with Gasteiger partial charge in [0.2, 0.25) is 0 Å². The van der Waals surface area contributed by atoms with Gasteiger partial charge in [0.1, 0.15) is 5.69 Å². The van der Waals surface area contributed by atoms with Gasteiger partial charge in [0.25, 0.3) is 11.8 Å². The molecule has 0 aromatic carbocycles. The van der Waals surface area contributed by atoms with Gasteiger partial charge in [-0.3, -0.25) is 14.6 Å². The molecule has 2 aromatic heterocycles. The van der Waals surface area contributed by atoms with Crippen molar-refractivity contribution in [1.29, 1.82) is 0 Å². The van der Waals surface area contributed by atoms with E-state index in [9.17, 15) is 9.59 Å². The van der Waals surface area contributed by atoms with E-state index in [0.717, 1.165) is 45.4 Å². The van der Waals surface area contributed by atoms with E-state index in [0.29, 0.717) is 11.3 Å². The smallest absolute Gasteiger partial charge is 0.273 e. The van der Waals surface area contributed by atoms with Gasteiger partial charge in [-0.15, -0.1) is 11.3 Å². The molecule has 1 spiro atoms. The maximum absolute atomic E-state index is 12.6. The Kier molecular flexibility index (Phi) is 4.25. The lowest BCUT2D eigenvalue weighted by Gasteiger charge is -2.39. The molecule has 6 nitrogen and oxygen atoms in total. The summed E-state index contributed by atoms with van der Waals surface area (Å²) in [5.41, 5.74) is 3.09. The van der Waals surface area contributed by atoms with Crippen molar-refractivity contribution in [3.63, 3.8) is 0 Å². The summed E-state index contributed by atoms with van der Waals surface area (Å²) in [7, 11) is 0. The van der Waals surface area contributed by atoms with E-state index >= 15 is 0 Å². The number of likely N-dealkylation sites (tertiary alicyclic amines) is 2.